The lowest BCUT2D eigenvalue weighted by atomic mass is 10.0. The van der Waals surface area contributed by atoms with E-state index in [0.29, 0.717) is 6.42 Å². The molecule has 4 heteroatoms. The van der Waals surface area contributed by atoms with Crippen molar-refractivity contribution in [2.24, 2.45) is 0 Å². The second-order valence-electron chi connectivity index (χ2n) is 6.05. The molecule has 0 bridgehead atoms. The van der Waals surface area contributed by atoms with Gasteiger partial charge in [0.05, 0.1) is 12.6 Å². The largest absolute Gasteiger partial charge is 0.444 e. The van der Waals surface area contributed by atoms with Crippen LogP contribution in [0.1, 0.15) is 38.3 Å². The van der Waals surface area contributed by atoms with Crippen LogP contribution in [0.3, 0.4) is 0 Å². The van der Waals surface area contributed by atoms with Crippen molar-refractivity contribution in [3.63, 3.8) is 0 Å². The molecule has 0 radical (unpaired) electrons. The van der Waals surface area contributed by atoms with Crippen molar-refractivity contribution in [2.45, 2.75) is 52.2 Å². The Morgan fingerprint density at radius 3 is 2.40 bits per heavy atom. The van der Waals surface area contributed by atoms with Crippen molar-refractivity contribution in [2.75, 3.05) is 6.61 Å². The van der Waals surface area contributed by atoms with Gasteiger partial charge < -0.3 is 15.2 Å². The molecule has 4 nitrogen and oxygen atoms in total. The number of amides is 1. The fourth-order valence-corrected chi connectivity index (χ4v) is 1.78. The number of carbonyl (C=O) groups excluding carboxylic acids is 1. The molecular formula is C16H25NO3. The Morgan fingerprint density at radius 2 is 1.90 bits per heavy atom. The van der Waals surface area contributed by atoms with E-state index in [-0.39, 0.29) is 12.6 Å². The molecule has 0 saturated carbocycles. The Bertz CT molecular complexity index is 420. The van der Waals surface area contributed by atoms with Crippen LogP contribution >= 0.6 is 0 Å². The Kier molecular flexibility index (Phi) is 6.02. The monoisotopic (exact) mass is 279 g/mol. The summed E-state index contributed by atoms with van der Waals surface area (Å²) in [5.41, 5.74) is 1.89. The molecule has 0 saturated heterocycles. The lowest BCUT2D eigenvalue weighted by molar-refractivity contribution is 0.0479. The van der Waals surface area contributed by atoms with Crippen molar-refractivity contribution in [3.05, 3.63) is 35.4 Å². The molecule has 2 N–H and O–H groups in total. The molecule has 0 unspecified atom stereocenters. The normalized spacial score (nSPS) is 12.8. The van der Waals surface area contributed by atoms with Crippen LogP contribution in [0.5, 0.6) is 0 Å². The van der Waals surface area contributed by atoms with Crippen LogP contribution in [0.25, 0.3) is 0 Å². The van der Waals surface area contributed by atoms with Gasteiger partial charge in [-0.15, -0.1) is 0 Å². The van der Waals surface area contributed by atoms with Crippen LogP contribution < -0.4 is 5.32 Å². The summed E-state index contributed by atoms with van der Waals surface area (Å²) in [7, 11) is 0. The van der Waals surface area contributed by atoms with Gasteiger partial charge >= 0.3 is 6.09 Å². The summed E-state index contributed by atoms with van der Waals surface area (Å²) < 4.78 is 5.18. The molecule has 1 atom stereocenters. The molecule has 0 spiro atoms. The minimum atomic E-state index is -0.527. The van der Waals surface area contributed by atoms with E-state index < -0.39 is 11.7 Å². The zero-order valence-electron chi connectivity index (χ0n) is 12.8. The first-order valence-electron chi connectivity index (χ1n) is 6.96. The third-order valence-corrected chi connectivity index (χ3v) is 2.84. The Hall–Kier alpha value is -1.55. The highest BCUT2D eigenvalue weighted by molar-refractivity contribution is 5.68. The number of hydrogen-bond acceptors (Lipinski definition) is 3. The third kappa shape index (κ3) is 6.57. The molecule has 0 aliphatic rings. The lowest BCUT2D eigenvalue weighted by Crippen LogP contribution is -2.41. The van der Waals surface area contributed by atoms with Gasteiger partial charge in [0.25, 0.3) is 0 Å². The third-order valence-electron chi connectivity index (χ3n) is 2.84. The SMILES string of the molecule is Cc1ccc(CC[C@H](CO)NC(=O)OC(C)(C)C)cc1. The van der Waals surface area contributed by atoms with Crippen LogP contribution in [0.2, 0.25) is 0 Å². The molecule has 0 aliphatic carbocycles. The van der Waals surface area contributed by atoms with Gasteiger partial charge in [-0.2, -0.15) is 0 Å². The second-order valence-corrected chi connectivity index (χ2v) is 6.05. The molecule has 1 amide bonds. The fraction of sp³-hybridized carbons (Fsp3) is 0.562. The van der Waals surface area contributed by atoms with Gasteiger partial charge in [-0.3, -0.25) is 0 Å². The molecule has 112 valence electrons. The van der Waals surface area contributed by atoms with Crippen LogP contribution in [0.4, 0.5) is 4.79 Å². The number of aryl methyl sites for hydroxylation is 2. The van der Waals surface area contributed by atoms with Crippen LogP contribution in [-0.4, -0.2) is 29.4 Å². The molecule has 1 aromatic rings. The zero-order valence-corrected chi connectivity index (χ0v) is 12.8. The van der Waals surface area contributed by atoms with E-state index in [2.05, 4.69) is 29.6 Å². The highest BCUT2D eigenvalue weighted by Gasteiger charge is 2.18. The van der Waals surface area contributed by atoms with E-state index >= 15 is 0 Å². The number of alkyl carbamates (subject to hydrolysis) is 1. The summed E-state index contributed by atoms with van der Waals surface area (Å²) in [5.74, 6) is 0. The molecular weight excluding hydrogens is 254 g/mol. The summed E-state index contributed by atoms with van der Waals surface area (Å²) in [6, 6.07) is 7.97. The summed E-state index contributed by atoms with van der Waals surface area (Å²) in [5, 5.41) is 12.0. The molecule has 1 rings (SSSR count). The number of hydrogen-bond donors (Lipinski definition) is 2. The standard InChI is InChI=1S/C16H25NO3/c1-12-5-7-13(8-6-12)9-10-14(11-18)17-15(19)20-16(2,3)4/h5-8,14,18H,9-11H2,1-4H3,(H,17,19)/t14-/m1/s1. The number of carbonyl (C=O) groups is 1. The quantitative estimate of drug-likeness (QED) is 0.871. The van der Waals surface area contributed by atoms with Crippen molar-refractivity contribution in [3.8, 4) is 0 Å². The van der Waals surface area contributed by atoms with Gasteiger partial charge in [0.2, 0.25) is 0 Å². The molecule has 0 fully saturated rings. The first kappa shape index (κ1) is 16.5. The van der Waals surface area contributed by atoms with Gasteiger partial charge in [0.1, 0.15) is 5.60 Å². The van der Waals surface area contributed by atoms with Crippen molar-refractivity contribution in [1.82, 2.24) is 5.32 Å². The van der Waals surface area contributed by atoms with Gasteiger partial charge in [-0.1, -0.05) is 29.8 Å². The van der Waals surface area contributed by atoms with Crippen molar-refractivity contribution in [1.29, 1.82) is 0 Å². The molecule has 20 heavy (non-hydrogen) atoms. The predicted octanol–water partition coefficient (Wildman–Crippen LogP) is 2.81. The number of benzene rings is 1. The van der Waals surface area contributed by atoms with Gasteiger partial charge in [0.15, 0.2) is 0 Å². The average Bonchev–Trinajstić information content (AvgIpc) is 2.34. The molecule has 1 aromatic carbocycles. The van der Waals surface area contributed by atoms with Crippen LogP contribution in [0.15, 0.2) is 24.3 Å². The maximum atomic E-state index is 11.6. The van der Waals surface area contributed by atoms with E-state index in [1.54, 1.807) is 0 Å². The molecule has 0 aliphatic heterocycles. The highest BCUT2D eigenvalue weighted by Crippen LogP contribution is 2.09. The topological polar surface area (TPSA) is 58.6 Å². The van der Waals surface area contributed by atoms with E-state index in [0.717, 1.165) is 6.42 Å². The summed E-state index contributed by atoms with van der Waals surface area (Å²) >= 11 is 0. The number of nitrogens with one attached hydrogen (secondary N) is 1. The number of aliphatic hydroxyl groups is 1. The second kappa shape index (κ2) is 7.29. The van der Waals surface area contributed by atoms with Crippen LogP contribution in [-0.2, 0) is 11.2 Å². The van der Waals surface area contributed by atoms with Crippen molar-refractivity contribution < 1.29 is 14.6 Å². The fourth-order valence-electron chi connectivity index (χ4n) is 1.78. The minimum Gasteiger partial charge on any atom is -0.444 e. The average molecular weight is 279 g/mol. The number of rotatable bonds is 5. The zero-order chi connectivity index (χ0) is 15.2. The molecule has 0 heterocycles. The maximum Gasteiger partial charge on any atom is 0.407 e. The Labute approximate surface area is 121 Å². The summed E-state index contributed by atoms with van der Waals surface area (Å²) in [6.45, 7) is 7.39. The van der Waals surface area contributed by atoms with Gasteiger partial charge in [-0.05, 0) is 46.1 Å². The van der Waals surface area contributed by atoms with Crippen molar-refractivity contribution >= 4 is 6.09 Å². The van der Waals surface area contributed by atoms with E-state index in [9.17, 15) is 9.90 Å². The maximum absolute atomic E-state index is 11.6. The first-order valence-corrected chi connectivity index (χ1v) is 6.96. The Balaban J connectivity index is 2.43. The highest BCUT2D eigenvalue weighted by atomic mass is 16.6. The molecule has 0 aromatic heterocycles. The lowest BCUT2D eigenvalue weighted by Gasteiger charge is -2.22. The summed E-state index contributed by atoms with van der Waals surface area (Å²) in [6.07, 6.45) is 1.00. The van der Waals surface area contributed by atoms with Gasteiger partial charge in [0, 0.05) is 0 Å². The first-order chi connectivity index (χ1) is 9.30. The summed E-state index contributed by atoms with van der Waals surface area (Å²) in [4.78, 5) is 11.6. The van der Waals surface area contributed by atoms with E-state index in [1.165, 1.54) is 11.1 Å². The Morgan fingerprint density at radius 1 is 1.30 bits per heavy atom. The van der Waals surface area contributed by atoms with E-state index in [1.807, 2.05) is 27.7 Å². The minimum absolute atomic E-state index is 0.0922. The van der Waals surface area contributed by atoms with E-state index in [4.69, 9.17) is 4.74 Å². The number of ether oxygens (including phenoxy) is 1. The predicted molar refractivity (Wildman–Crippen MR) is 79.7 cm³/mol. The smallest absolute Gasteiger partial charge is 0.407 e. The van der Waals surface area contributed by atoms with Crippen LogP contribution in [0, 0.1) is 6.92 Å². The number of aliphatic hydroxyl groups excluding tert-OH is 1. The van der Waals surface area contributed by atoms with Gasteiger partial charge in [-0.25, -0.2) is 4.79 Å².